The molecular formula is C44H27NS2. The van der Waals surface area contributed by atoms with Crippen LogP contribution in [0.2, 0.25) is 0 Å². The summed E-state index contributed by atoms with van der Waals surface area (Å²) in [6.45, 7) is 0. The van der Waals surface area contributed by atoms with Crippen LogP contribution in [0.5, 0.6) is 0 Å². The van der Waals surface area contributed by atoms with Gasteiger partial charge in [-0.1, -0.05) is 115 Å². The lowest BCUT2D eigenvalue weighted by Gasteiger charge is -2.27. The Morgan fingerprint density at radius 2 is 1.02 bits per heavy atom. The lowest BCUT2D eigenvalue weighted by molar-refractivity contribution is 1.31. The van der Waals surface area contributed by atoms with Crippen molar-refractivity contribution in [2.75, 3.05) is 4.90 Å². The summed E-state index contributed by atoms with van der Waals surface area (Å²) in [5, 5.41) is 10.3. The summed E-state index contributed by atoms with van der Waals surface area (Å²) in [7, 11) is 0. The molecule has 0 atom stereocenters. The second-order valence-electron chi connectivity index (χ2n) is 12.1. The monoisotopic (exact) mass is 633 g/mol. The van der Waals surface area contributed by atoms with Crippen molar-refractivity contribution in [1.82, 2.24) is 0 Å². The van der Waals surface area contributed by atoms with E-state index in [-0.39, 0.29) is 0 Å². The van der Waals surface area contributed by atoms with Gasteiger partial charge < -0.3 is 4.90 Å². The Labute approximate surface area is 280 Å². The lowest BCUT2D eigenvalue weighted by Crippen LogP contribution is -2.10. The van der Waals surface area contributed by atoms with Gasteiger partial charge >= 0.3 is 0 Å². The van der Waals surface area contributed by atoms with Gasteiger partial charge in [-0.25, -0.2) is 0 Å². The van der Waals surface area contributed by atoms with E-state index in [4.69, 9.17) is 0 Å². The molecule has 10 aromatic rings. The highest BCUT2D eigenvalue weighted by Crippen LogP contribution is 2.49. The van der Waals surface area contributed by atoms with E-state index < -0.39 is 0 Å². The molecule has 0 saturated heterocycles. The van der Waals surface area contributed by atoms with Crippen molar-refractivity contribution < 1.29 is 0 Å². The highest BCUT2D eigenvalue weighted by molar-refractivity contribution is 7.26. The Hall–Kier alpha value is -5.48. The van der Waals surface area contributed by atoms with Crippen molar-refractivity contribution in [3.8, 4) is 11.1 Å². The fourth-order valence-corrected chi connectivity index (χ4v) is 9.61. The highest BCUT2D eigenvalue weighted by Gasteiger charge is 2.22. The van der Waals surface area contributed by atoms with Gasteiger partial charge in [0.1, 0.15) is 0 Å². The summed E-state index contributed by atoms with van der Waals surface area (Å²) < 4.78 is 5.25. The maximum absolute atomic E-state index is 2.48. The number of hydrogen-bond donors (Lipinski definition) is 0. The van der Waals surface area contributed by atoms with Gasteiger partial charge in [0.2, 0.25) is 0 Å². The second-order valence-corrected chi connectivity index (χ2v) is 14.2. The van der Waals surface area contributed by atoms with E-state index in [1.165, 1.54) is 78.7 Å². The zero-order valence-electron chi connectivity index (χ0n) is 25.4. The Morgan fingerprint density at radius 3 is 1.89 bits per heavy atom. The molecule has 3 heteroatoms. The van der Waals surface area contributed by atoms with Crippen LogP contribution in [0.3, 0.4) is 0 Å². The van der Waals surface area contributed by atoms with Crippen LogP contribution in [0, 0.1) is 0 Å². The molecule has 0 amide bonds. The van der Waals surface area contributed by atoms with Crippen molar-refractivity contribution in [2.45, 2.75) is 0 Å². The van der Waals surface area contributed by atoms with Crippen LogP contribution in [0.1, 0.15) is 0 Å². The van der Waals surface area contributed by atoms with Crippen LogP contribution in [-0.4, -0.2) is 0 Å². The van der Waals surface area contributed by atoms with E-state index in [9.17, 15) is 0 Å². The molecule has 2 aromatic heterocycles. The van der Waals surface area contributed by atoms with Gasteiger partial charge in [-0.15, -0.1) is 22.7 Å². The topological polar surface area (TPSA) is 3.24 Å². The second kappa shape index (κ2) is 10.5. The number of rotatable bonds is 4. The summed E-state index contributed by atoms with van der Waals surface area (Å²) in [5.41, 5.74) is 6.01. The molecule has 1 nitrogen and oxygen atoms in total. The van der Waals surface area contributed by atoms with Gasteiger partial charge in [-0.05, 0) is 81.2 Å². The lowest BCUT2D eigenvalue weighted by atomic mass is 9.99. The predicted octanol–water partition coefficient (Wildman–Crippen LogP) is 13.9. The van der Waals surface area contributed by atoms with E-state index in [0.29, 0.717) is 0 Å². The molecule has 47 heavy (non-hydrogen) atoms. The molecular weight excluding hydrogens is 607 g/mol. The molecule has 0 bridgehead atoms. The van der Waals surface area contributed by atoms with Gasteiger partial charge in [-0.3, -0.25) is 0 Å². The Morgan fingerprint density at radius 1 is 0.383 bits per heavy atom. The number of fused-ring (bicyclic) bond motifs is 9. The summed E-state index contributed by atoms with van der Waals surface area (Å²) >= 11 is 3.76. The fourth-order valence-electron chi connectivity index (χ4n) is 7.26. The van der Waals surface area contributed by atoms with Crippen molar-refractivity contribution >= 4 is 102 Å². The smallest absolute Gasteiger partial charge is 0.0555 e. The fraction of sp³-hybridized carbons (Fsp3) is 0. The highest BCUT2D eigenvalue weighted by atomic mass is 32.1. The number of benzene rings is 8. The first-order chi connectivity index (χ1) is 23.3. The molecule has 0 aliphatic heterocycles. The first-order valence-electron chi connectivity index (χ1n) is 15.9. The third-order valence-corrected chi connectivity index (χ3v) is 11.8. The third-order valence-electron chi connectivity index (χ3n) is 9.44. The average Bonchev–Trinajstić information content (AvgIpc) is 3.71. The standard InChI is InChI=1S/C44H27NS2/c1-2-10-28(11-3-1)35-23-24-39(43-37-15-7-9-17-41(37)47-44(35)43)45(32-21-25-42-38(27-32)36-14-6-8-16-40(36)46-42)31-20-22-34-30(26-31)19-18-29-12-4-5-13-33(29)34/h1-27H. The molecule has 0 aliphatic carbocycles. The molecule has 2 heterocycles. The minimum Gasteiger partial charge on any atom is -0.310 e. The number of hydrogen-bond acceptors (Lipinski definition) is 3. The molecule has 0 unspecified atom stereocenters. The van der Waals surface area contributed by atoms with Crippen LogP contribution in [-0.2, 0) is 0 Å². The number of nitrogens with zero attached hydrogens (tertiary/aromatic N) is 1. The van der Waals surface area contributed by atoms with Crippen LogP contribution in [0.4, 0.5) is 17.1 Å². The average molecular weight is 634 g/mol. The van der Waals surface area contributed by atoms with Gasteiger partial charge in [0.15, 0.2) is 0 Å². The normalized spacial score (nSPS) is 11.8. The molecule has 0 radical (unpaired) electrons. The van der Waals surface area contributed by atoms with Crippen LogP contribution in [0.15, 0.2) is 164 Å². The van der Waals surface area contributed by atoms with Crippen LogP contribution in [0.25, 0.3) is 73.0 Å². The van der Waals surface area contributed by atoms with Crippen molar-refractivity contribution in [3.05, 3.63) is 164 Å². The minimum atomic E-state index is 1.15. The SMILES string of the molecule is c1ccc(-c2ccc(N(c3ccc4c(ccc5ccccc54)c3)c3ccc4sc5ccccc5c4c3)c3c2sc2ccccc23)cc1. The first-order valence-corrected chi connectivity index (χ1v) is 17.6. The molecule has 0 N–H and O–H groups in total. The number of thiophene rings is 2. The maximum atomic E-state index is 2.48. The summed E-state index contributed by atoms with van der Waals surface area (Å²) in [6.07, 6.45) is 0. The van der Waals surface area contributed by atoms with Gasteiger partial charge in [0.05, 0.1) is 5.69 Å². The minimum absolute atomic E-state index is 1.15. The summed E-state index contributed by atoms with van der Waals surface area (Å²) in [4.78, 5) is 2.48. The van der Waals surface area contributed by atoms with E-state index in [1.807, 2.05) is 22.7 Å². The Bertz CT molecular complexity index is 2810. The quantitative estimate of drug-likeness (QED) is 0.174. The number of anilines is 3. The van der Waals surface area contributed by atoms with E-state index in [0.717, 1.165) is 11.4 Å². The largest absolute Gasteiger partial charge is 0.310 e. The van der Waals surface area contributed by atoms with Crippen molar-refractivity contribution in [3.63, 3.8) is 0 Å². The maximum Gasteiger partial charge on any atom is 0.0555 e. The van der Waals surface area contributed by atoms with Gasteiger partial charge in [-0.2, -0.15) is 0 Å². The molecule has 220 valence electrons. The molecule has 8 aromatic carbocycles. The Balaban J connectivity index is 1.29. The zero-order chi connectivity index (χ0) is 30.9. The first kappa shape index (κ1) is 26.7. The molecule has 10 rings (SSSR count). The predicted molar refractivity (Wildman–Crippen MR) is 207 cm³/mol. The molecule has 0 fully saturated rings. The van der Waals surface area contributed by atoms with E-state index >= 15 is 0 Å². The van der Waals surface area contributed by atoms with E-state index in [1.54, 1.807) is 0 Å². The van der Waals surface area contributed by atoms with Gasteiger partial charge in [0.25, 0.3) is 0 Å². The summed E-state index contributed by atoms with van der Waals surface area (Å²) in [5.74, 6) is 0. The van der Waals surface area contributed by atoms with E-state index in [2.05, 4.69) is 169 Å². The summed E-state index contributed by atoms with van der Waals surface area (Å²) in [6, 6.07) is 60.2. The van der Waals surface area contributed by atoms with Crippen LogP contribution >= 0.6 is 22.7 Å². The molecule has 0 spiro atoms. The molecule has 0 aliphatic rings. The zero-order valence-corrected chi connectivity index (χ0v) is 27.0. The van der Waals surface area contributed by atoms with Crippen LogP contribution < -0.4 is 4.90 Å². The van der Waals surface area contributed by atoms with Crippen molar-refractivity contribution in [2.24, 2.45) is 0 Å². The van der Waals surface area contributed by atoms with Gasteiger partial charge in [0, 0.05) is 51.7 Å². The molecule has 0 saturated carbocycles. The third kappa shape index (κ3) is 4.21. The Kier molecular flexibility index (Phi) is 5.98. The van der Waals surface area contributed by atoms with Crippen molar-refractivity contribution in [1.29, 1.82) is 0 Å².